The minimum Gasteiger partial charge on any atom is -0.366 e. The zero-order valence-corrected chi connectivity index (χ0v) is 13.9. The van der Waals surface area contributed by atoms with E-state index in [1.165, 1.54) is 30.5 Å². The van der Waals surface area contributed by atoms with Gasteiger partial charge < -0.3 is 10.6 Å². The van der Waals surface area contributed by atoms with Crippen molar-refractivity contribution in [2.45, 2.75) is 13.1 Å². The molecule has 0 spiro atoms. The van der Waals surface area contributed by atoms with Crippen LogP contribution >= 0.6 is 0 Å². The van der Waals surface area contributed by atoms with Crippen LogP contribution in [0.3, 0.4) is 0 Å². The molecule has 3 rings (SSSR count). The summed E-state index contributed by atoms with van der Waals surface area (Å²) in [5.74, 6) is -0.229. The van der Waals surface area contributed by atoms with Gasteiger partial charge in [-0.05, 0) is 47.5 Å². The van der Waals surface area contributed by atoms with E-state index in [4.69, 9.17) is 0 Å². The predicted octanol–water partition coefficient (Wildman–Crippen LogP) is 3.90. The highest BCUT2D eigenvalue weighted by atomic mass is 19.1. The van der Waals surface area contributed by atoms with E-state index in [1.54, 1.807) is 36.4 Å². The molecule has 2 N–H and O–H groups in total. The van der Waals surface area contributed by atoms with Crippen molar-refractivity contribution in [3.8, 4) is 0 Å². The highest BCUT2D eigenvalue weighted by molar-refractivity contribution is 5.94. The van der Waals surface area contributed by atoms with Crippen molar-refractivity contribution < 1.29 is 13.6 Å². The summed E-state index contributed by atoms with van der Waals surface area (Å²) in [5.41, 5.74) is 2.17. The maximum Gasteiger partial charge on any atom is 0.253 e. The summed E-state index contributed by atoms with van der Waals surface area (Å²) < 4.78 is 25.7. The normalized spacial score (nSPS) is 10.4. The minimum absolute atomic E-state index is 0.257. The van der Waals surface area contributed by atoms with Gasteiger partial charge in [-0.2, -0.15) is 0 Å². The molecule has 1 heterocycles. The van der Waals surface area contributed by atoms with Crippen molar-refractivity contribution in [1.29, 1.82) is 0 Å². The van der Waals surface area contributed by atoms with Crippen molar-refractivity contribution in [2.24, 2.45) is 0 Å². The fourth-order valence-corrected chi connectivity index (χ4v) is 2.31. The number of nitrogens with one attached hydrogen (secondary N) is 2. The van der Waals surface area contributed by atoms with Gasteiger partial charge in [0.2, 0.25) is 0 Å². The molecule has 0 aliphatic rings. The van der Waals surface area contributed by atoms with Crippen LogP contribution in [0.5, 0.6) is 0 Å². The maximum atomic E-state index is 12.9. The second kappa shape index (κ2) is 8.20. The average Bonchev–Trinajstić information content (AvgIpc) is 2.67. The largest absolute Gasteiger partial charge is 0.366 e. The van der Waals surface area contributed by atoms with Crippen molar-refractivity contribution in [1.82, 2.24) is 10.3 Å². The Morgan fingerprint density at radius 3 is 1.92 bits per heavy atom. The molecule has 0 saturated carbocycles. The Morgan fingerprint density at radius 1 is 0.808 bits per heavy atom. The summed E-state index contributed by atoms with van der Waals surface area (Å²) >= 11 is 0. The highest BCUT2D eigenvalue weighted by Crippen LogP contribution is 2.09. The third kappa shape index (κ3) is 4.86. The number of amides is 1. The first-order valence-electron chi connectivity index (χ1n) is 8.07. The van der Waals surface area contributed by atoms with E-state index in [0.29, 0.717) is 24.5 Å². The summed E-state index contributed by atoms with van der Waals surface area (Å²) in [6, 6.07) is 15.5. The molecule has 0 radical (unpaired) electrons. The first-order chi connectivity index (χ1) is 12.6. The van der Waals surface area contributed by atoms with Crippen molar-refractivity contribution in [2.75, 3.05) is 5.32 Å². The molecule has 1 amide bonds. The molecule has 1 aromatic heterocycles. The van der Waals surface area contributed by atoms with Gasteiger partial charge in [0.05, 0.1) is 5.56 Å². The number of hydrogen-bond acceptors (Lipinski definition) is 3. The molecule has 4 nitrogen and oxygen atoms in total. The summed E-state index contributed by atoms with van der Waals surface area (Å²) in [4.78, 5) is 16.3. The second-order valence-corrected chi connectivity index (χ2v) is 5.72. The van der Waals surface area contributed by atoms with Crippen LogP contribution in [0.4, 0.5) is 14.6 Å². The molecule has 0 atom stereocenters. The molecular weight excluding hydrogens is 336 g/mol. The van der Waals surface area contributed by atoms with E-state index in [1.807, 2.05) is 0 Å². The van der Waals surface area contributed by atoms with Gasteiger partial charge in [0.1, 0.15) is 17.5 Å². The summed E-state index contributed by atoms with van der Waals surface area (Å²) in [7, 11) is 0. The Labute approximate surface area is 149 Å². The Morgan fingerprint density at radius 2 is 1.38 bits per heavy atom. The topological polar surface area (TPSA) is 54.0 Å². The van der Waals surface area contributed by atoms with Gasteiger partial charge in [0, 0.05) is 19.3 Å². The van der Waals surface area contributed by atoms with Crippen molar-refractivity contribution in [3.63, 3.8) is 0 Å². The molecule has 3 aromatic rings. The van der Waals surface area contributed by atoms with Gasteiger partial charge in [-0.25, -0.2) is 13.8 Å². The third-order valence-electron chi connectivity index (χ3n) is 3.78. The molecule has 26 heavy (non-hydrogen) atoms. The van der Waals surface area contributed by atoms with Crippen LogP contribution in [-0.4, -0.2) is 10.9 Å². The number of anilines is 1. The molecule has 2 aromatic carbocycles. The number of rotatable bonds is 6. The molecule has 0 unspecified atom stereocenters. The average molecular weight is 353 g/mol. The Kier molecular flexibility index (Phi) is 5.53. The number of carbonyl (C=O) groups excluding carboxylic acids is 1. The standard InChI is InChI=1S/C20H17F2N3O/c21-17-6-1-14(2-7-17)11-23-19-10-5-16(13-24-19)20(26)25-12-15-3-8-18(22)9-4-15/h1-10,13H,11-12H2,(H,23,24)(H,25,26). The molecular formula is C20H17F2N3O. The Bertz CT molecular complexity index is 863. The van der Waals surface area contributed by atoms with Gasteiger partial charge in [0.25, 0.3) is 5.91 Å². The van der Waals surface area contributed by atoms with E-state index in [9.17, 15) is 13.6 Å². The van der Waals surface area contributed by atoms with Gasteiger partial charge in [-0.3, -0.25) is 4.79 Å². The van der Waals surface area contributed by atoms with Crippen LogP contribution in [0, 0.1) is 11.6 Å². The molecule has 132 valence electrons. The van der Waals surface area contributed by atoms with Gasteiger partial charge in [-0.15, -0.1) is 0 Å². The van der Waals surface area contributed by atoms with Crippen LogP contribution in [0.25, 0.3) is 0 Å². The monoisotopic (exact) mass is 353 g/mol. The van der Waals surface area contributed by atoms with Crippen molar-refractivity contribution >= 4 is 11.7 Å². The lowest BCUT2D eigenvalue weighted by Gasteiger charge is -2.08. The Balaban J connectivity index is 1.52. The maximum absolute atomic E-state index is 12.9. The molecule has 0 aliphatic heterocycles. The lowest BCUT2D eigenvalue weighted by atomic mass is 10.2. The number of benzene rings is 2. The smallest absolute Gasteiger partial charge is 0.253 e. The lowest BCUT2D eigenvalue weighted by Crippen LogP contribution is -2.22. The first kappa shape index (κ1) is 17.5. The summed E-state index contributed by atoms with van der Waals surface area (Å²) in [6.45, 7) is 0.813. The molecule has 0 fully saturated rings. The van der Waals surface area contributed by atoms with Gasteiger partial charge >= 0.3 is 0 Å². The van der Waals surface area contributed by atoms with E-state index >= 15 is 0 Å². The molecule has 0 saturated heterocycles. The molecule has 6 heteroatoms. The van der Waals surface area contributed by atoms with E-state index < -0.39 is 0 Å². The summed E-state index contributed by atoms with van der Waals surface area (Å²) in [5, 5.41) is 5.87. The SMILES string of the molecule is O=C(NCc1ccc(F)cc1)c1ccc(NCc2ccc(F)cc2)nc1. The van der Waals surface area contributed by atoms with E-state index in [-0.39, 0.29) is 17.5 Å². The van der Waals surface area contributed by atoms with Crippen LogP contribution in [0.1, 0.15) is 21.5 Å². The quantitative estimate of drug-likeness (QED) is 0.707. The lowest BCUT2D eigenvalue weighted by molar-refractivity contribution is 0.0950. The molecule has 0 aliphatic carbocycles. The highest BCUT2D eigenvalue weighted by Gasteiger charge is 2.06. The van der Waals surface area contributed by atoms with Gasteiger partial charge in [-0.1, -0.05) is 24.3 Å². The molecule has 0 bridgehead atoms. The minimum atomic E-state index is -0.312. The first-order valence-corrected chi connectivity index (χ1v) is 8.07. The van der Waals surface area contributed by atoms with Gasteiger partial charge in [0.15, 0.2) is 0 Å². The third-order valence-corrected chi connectivity index (χ3v) is 3.78. The van der Waals surface area contributed by atoms with Crippen LogP contribution in [0.15, 0.2) is 66.9 Å². The predicted molar refractivity (Wildman–Crippen MR) is 95.5 cm³/mol. The van der Waals surface area contributed by atoms with E-state index in [0.717, 1.165) is 11.1 Å². The second-order valence-electron chi connectivity index (χ2n) is 5.72. The number of nitrogens with zero attached hydrogens (tertiary/aromatic N) is 1. The number of halogens is 2. The zero-order valence-electron chi connectivity index (χ0n) is 13.9. The Hall–Kier alpha value is -3.28. The summed E-state index contributed by atoms with van der Waals surface area (Å²) in [6.07, 6.45) is 1.48. The fourth-order valence-electron chi connectivity index (χ4n) is 2.31. The number of hydrogen-bond donors (Lipinski definition) is 2. The number of aromatic nitrogens is 1. The van der Waals surface area contributed by atoms with Crippen molar-refractivity contribution in [3.05, 3.63) is 95.2 Å². The van der Waals surface area contributed by atoms with Crippen LogP contribution in [0.2, 0.25) is 0 Å². The fraction of sp³-hybridized carbons (Fsp3) is 0.100. The van der Waals surface area contributed by atoms with E-state index in [2.05, 4.69) is 15.6 Å². The van der Waals surface area contributed by atoms with Crippen LogP contribution < -0.4 is 10.6 Å². The zero-order chi connectivity index (χ0) is 18.4. The number of pyridine rings is 1. The number of carbonyl (C=O) groups is 1. The van der Waals surface area contributed by atoms with Crippen LogP contribution in [-0.2, 0) is 13.1 Å².